The summed E-state index contributed by atoms with van der Waals surface area (Å²) in [5, 5.41) is 0. The maximum Gasteiger partial charge on any atom is 0.233 e. The third kappa shape index (κ3) is 5.68. The number of hydrogen-bond acceptors (Lipinski definition) is 3. The molecule has 5 heteroatoms. The average Bonchev–Trinajstić information content (AvgIpc) is 2.54. The van der Waals surface area contributed by atoms with E-state index >= 15 is 0 Å². The molecule has 1 aliphatic rings. The Hall–Kier alpha value is -1.10. The zero-order chi connectivity index (χ0) is 12.5. The first-order chi connectivity index (χ1) is 8.24. The molecule has 0 aromatic rings. The number of carbonyl (C=O) groups is 2. The number of hydrogen-bond donors (Lipinski definition) is 2. The molecule has 0 saturated carbocycles. The van der Waals surface area contributed by atoms with Crippen LogP contribution in [0.3, 0.4) is 0 Å². The molecule has 3 N–H and O–H groups in total. The van der Waals surface area contributed by atoms with Crippen LogP contribution in [0.2, 0.25) is 0 Å². The van der Waals surface area contributed by atoms with Crippen molar-refractivity contribution in [2.75, 3.05) is 13.1 Å². The highest BCUT2D eigenvalue weighted by Crippen LogP contribution is 2.12. The predicted octanol–water partition coefficient (Wildman–Crippen LogP) is 0.939. The molecule has 2 amide bonds. The average molecular weight is 241 g/mol. The molecular formula is C12H23N3O2. The van der Waals surface area contributed by atoms with Gasteiger partial charge in [0.15, 0.2) is 0 Å². The molecule has 5 nitrogen and oxygen atoms in total. The van der Waals surface area contributed by atoms with Crippen molar-refractivity contribution >= 4 is 11.8 Å². The van der Waals surface area contributed by atoms with E-state index in [0.717, 1.165) is 45.2 Å². The predicted molar refractivity (Wildman–Crippen MR) is 65.8 cm³/mol. The molecule has 1 saturated heterocycles. The van der Waals surface area contributed by atoms with Crippen molar-refractivity contribution < 1.29 is 9.59 Å². The van der Waals surface area contributed by atoms with E-state index in [0.29, 0.717) is 18.7 Å². The van der Waals surface area contributed by atoms with Crippen molar-refractivity contribution in [1.29, 1.82) is 0 Å². The molecule has 0 atom stereocenters. The van der Waals surface area contributed by atoms with E-state index in [4.69, 9.17) is 5.84 Å². The Morgan fingerprint density at radius 1 is 1.24 bits per heavy atom. The van der Waals surface area contributed by atoms with Crippen molar-refractivity contribution in [3.8, 4) is 0 Å². The van der Waals surface area contributed by atoms with Crippen molar-refractivity contribution in [1.82, 2.24) is 10.3 Å². The minimum atomic E-state index is -0.115. The van der Waals surface area contributed by atoms with Crippen LogP contribution < -0.4 is 11.3 Å². The Balaban J connectivity index is 2.08. The van der Waals surface area contributed by atoms with Gasteiger partial charge < -0.3 is 4.90 Å². The van der Waals surface area contributed by atoms with Gasteiger partial charge in [0.05, 0.1) is 0 Å². The van der Waals surface area contributed by atoms with Crippen LogP contribution in [-0.2, 0) is 9.59 Å². The highest BCUT2D eigenvalue weighted by Gasteiger charge is 2.15. The van der Waals surface area contributed by atoms with E-state index in [2.05, 4.69) is 5.43 Å². The van der Waals surface area contributed by atoms with E-state index in [9.17, 15) is 9.59 Å². The van der Waals surface area contributed by atoms with Gasteiger partial charge in [-0.25, -0.2) is 5.84 Å². The summed E-state index contributed by atoms with van der Waals surface area (Å²) in [6.45, 7) is 1.74. The number of nitrogens with one attached hydrogen (secondary N) is 1. The zero-order valence-corrected chi connectivity index (χ0v) is 10.4. The number of likely N-dealkylation sites (tertiary alicyclic amines) is 1. The molecule has 1 heterocycles. The first-order valence-corrected chi connectivity index (χ1v) is 6.51. The molecule has 0 unspecified atom stereocenters. The lowest BCUT2D eigenvalue weighted by Crippen LogP contribution is -2.31. The van der Waals surface area contributed by atoms with Crippen molar-refractivity contribution in [3.05, 3.63) is 0 Å². The van der Waals surface area contributed by atoms with Gasteiger partial charge in [0.2, 0.25) is 11.8 Å². The monoisotopic (exact) mass is 241 g/mol. The molecule has 0 aromatic carbocycles. The number of carbonyl (C=O) groups excluding carboxylic acids is 2. The standard InChI is InChI=1S/C12H23N3O2/c13-14-11(16)7-3-1-5-9-15-10-6-2-4-8-12(15)17/h1-10,13H2,(H,14,16). The Labute approximate surface area is 103 Å². The molecule has 1 aliphatic heterocycles. The van der Waals surface area contributed by atoms with Gasteiger partial charge in [0.1, 0.15) is 0 Å². The lowest BCUT2D eigenvalue weighted by molar-refractivity contribution is -0.130. The van der Waals surface area contributed by atoms with E-state index in [1.807, 2.05) is 4.90 Å². The fourth-order valence-corrected chi connectivity index (χ4v) is 2.11. The lowest BCUT2D eigenvalue weighted by Gasteiger charge is -2.20. The number of hydrazine groups is 1. The third-order valence-corrected chi connectivity index (χ3v) is 3.16. The van der Waals surface area contributed by atoms with E-state index in [1.54, 1.807) is 0 Å². The quantitative estimate of drug-likeness (QED) is 0.314. The summed E-state index contributed by atoms with van der Waals surface area (Å²) in [7, 11) is 0. The summed E-state index contributed by atoms with van der Waals surface area (Å²) in [5.74, 6) is 5.17. The normalized spacial score (nSPS) is 16.8. The van der Waals surface area contributed by atoms with Gasteiger partial charge in [0.25, 0.3) is 0 Å². The van der Waals surface area contributed by atoms with Crippen LogP contribution in [0.15, 0.2) is 0 Å². The van der Waals surface area contributed by atoms with Crippen molar-refractivity contribution in [3.63, 3.8) is 0 Å². The Morgan fingerprint density at radius 3 is 2.82 bits per heavy atom. The first-order valence-electron chi connectivity index (χ1n) is 6.51. The number of rotatable bonds is 6. The smallest absolute Gasteiger partial charge is 0.233 e. The summed E-state index contributed by atoms with van der Waals surface area (Å²) >= 11 is 0. The SMILES string of the molecule is NNC(=O)CCCCCN1CCCCCC1=O. The summed E-state index contributed by atoms with van der Waals surface area (Å²) in [5.41, 5.74) is 2.12. The summed E-state index contributed by atoms with van der Waals surface area (Å²) < 4.78 is 0. The Morgan fingerprint density at radius 2 is 2.06 bits per heavy atom. The molecule has 0 radical (unpaired) electrons. The minimum absolute atomic E-state index is 0.115. The maximum atomic E-state index is 11.7. The van der Waals surface area contributed by atoms with Crippen LogP contribution in [-0.4, -0.2) is 29.8 Å². The van der Waals surface area contributed by atoms with Crippen molar-refractivity contribution in [2.24, 2.45) is 5.84 Å². The number of unbranched alkanes of at least 4 members (excludes halogenated alkanes) is 2. The van der Waals surface area contributed by atoms with Crippen LogP contribution in [0.25, 0.3) is 0 Å². The van der Waals surface area contributed by atoms with Gasteiger partial charge in [0, 0.05) is 25.9 Å². The molecule has 0 aliphatic carbocycles. The van der Waals surface area contributed by atoms with Crippen LogP contribution >= 0.6 is 0 Å². The Kier molecular flexibility index (Phi) is 6.62. The Bertz CT molecular complexity index is 256. The van der Waals surface area contributed by atoms with E-state index < -0.39 is 0 Å². The largest absolute Gasteiger partial charge is 0.343 e. The molecular weight excluding hydrogens is 218 g/mol. The molecule has 0 aromatic heterocycles. The molecule has 0 spiro atoms. The second-order valence-corrected chi connectivity index (χ2v) is 4.57. The summed E-state index contributed by atoms with van der Waals surface area (Å²) in [6, 6.07) is 0. The van der Waals surface area contributed by atoms with Gasteiger partial charge >= 0.3 is 0 Å². The van der Waals surface area contributed by atoms with Crippen LogP contribution in [0.4, 0.5) is 0 Å². The summed E-state index contributed by atoms with van der Waals surface area (Å²) in [6.07, 6.45) is 7.29. The highest BCUT2D eigenvalue weighted by atomic mass is 16.2. The van der Waals surface area contributed by atoms with Gasteiger partial charge in [-0.1, -0.05) is 12.8 Å². The summed E-state index contributed by atoms with van der Waals surface area (Å²) in [4.78, 5) is 24.5. The van der Waals surface area contributed by atoms with Gasteiger partial charge in [-0.15, -0.1) is 0 Å². The molecule has 1 rings (SSSR count). The van der Waals surface area contributed by atoms with Crippen LogP contribution in [0, 0.1) is 0 Å². The molecule has 0 bridgehead atoms. The molecule has 1 fully saturated rings. The first kappa shape index (κ1) is 14.0. The minimum Gasteiger partial charge on any atom is -0.343 e. The molecule has 17 heavy (non-hydrogen) atoms. The second-order valence-electron chi connectivity index (χ2n) is 4.57. The second kappa shape index (κ2) is 8.06. The number of nitrogens with zero attached hydrogens (tertiary/aromatic N) is 1. The van der Waals surface area contributed by atoms with Crippen LogP contribution in [0.1, 0.15) is 51.4 Å². The van der Waals surface area contributed by atoms with Gasteiger partial charge in [-0.3, -0.25) is 15.0 Å². The topological polar surface area (TPSA) is 75.4 Å². The van der Waals surface area contributed by atoms with Gasteiger partial charge in [-0.2, -0.15) is 0 Å². The van der Waals surface area contributed by atoms with Gasteiger partial charge in [-0.05, 0) is 25.7 Å². The number of amides is 2. The van der Waals surface area contributed by atoms with Crippen LogP contribution in [0.5, 0.6) is 0 Å². The maximum absolute atomic E-state index is 11.7. The van der Waals surface area contributed by atoms with E-state index in [1.165, 1.54) is 6.42 Å². The zero-order valence-electron chi connectivity index (χ0n) is 10.4. The molecule has 98 valence electrons. The third-order valence-electron chi connectivity index (χ3n) is 3.16. The fourth-order valence-electron chi connectivity index (χ4n) is 2.11. The lowest BCUT2D eigenvalue weighted by atomic mass is 10.2. The number of nitrogens with two attached hydrogens (primary N) is 1. The van der Waals surface area contributed by atoms with E-state index in [-0.39, 0.29) is 5.91 Å². The fraction of sp³-hybridized carbons (Fsp3) is 0.833. The van der Waals surface area contributed by atoms with Crippen molar-refractivity contribution in [2.45, 2.75) is 51.4 Å². The highest BCUT2D eigenvalue weighted by molar-refractivity contribution is 5.76.